The van der Waals surface area contributed by atoms with Crippen molar-refractivity contribution in [3.8, 4) is 0 Å². The molecular formula is C35H44N4O4. The van der Waals surface area contributed by atoms with Gasteiger partial charge in [-0.1, -0.05) is 60.1 Å². The number of aromatic nitrogens is 2. The standard InChI is InChI=1S/C35H44N4O4/c1-30(2)11-13-35(29(43)39-18-22(28(36)42)38-19-39)14-12-34(7)26(20(35)16-30)23(40)15-25-32(5)17-21(37-8)27(41)31(3,4)24(32)9-10-33(25,34)6/h15,17-20,24,26H,9-14,16H2,1-7H3,(H2,36,42). The van der Waals surface area contributed by atoms with Gasteiger partial charge >= 0.3 is 0 Å². The molecular weight excluding hydrogens is 540 g/mol. The van der Waals surface area contributed by atoms with Gasteiger partial charge in [-0.2, -0.15) is 0 Å². The van der Waals surface area contributed by atoms with Gasteiger partial charge in [0.15, 0.2) is 11.6 Å². The minimum absolute atomic E-state index is 0.0103. The van der Waals surface area contributed by atoms with Crippen molar-refractivity contribution in [2.24, 2.45) is 56.0 Å². The van der Waals surface area contributed by atoms with Crippen molar-refractivity contribution in [2.45, 2.75) is 93.4 Å². The van der Waals surface area contributed by atoms with Gasteiger partial charge in [-0.05, 0) is 79.1 Å². The van der Waals surface area contributed by atoms with Crippen LogP contribution >= 0.6 is 0 Å². The number of fused-ring (bicyclic) bond motifs is 7. The number of rotatable bonds is 2. The molecule has 3 saturated carbocycles. The predicted octanol–water partition coefficient (Wildman–Crippen LogP) is 6.19. The van der Waals surface area contributed by atoms with Crippen LogP contribution in [-0.4, -0.2) is 32.9 Å². The lowest BCUT2D eigenvalue weighted by Gasteiger charge is -2.69. The number of carbonyl (C=O) groups excluding carboxylic acids is 4. The van der Waals surface area contributed by atoms with Crippen LogP contribution in [0.1, 0.15) is 109 Å². The highest BCUT2D eigenvalue weighted by Crippen LogP contribution is 2.74. The number of imidazole rings is 1. The van der Waals surface area contributed by atoms with Gasteiger partial charge in [0, 0.05) is 22.9 Å². The highest BCUT2D eigenvalue weighted by molar-refractivity contribution is 6.03. The number of carbonyl (C=O) groups is 4. The lowest BCUT2D eigenvalue weighted by molar-refractivity contribution is -0.164. The molecule has 3 fully saturated rings. The van der Waals surface area contributed by atoms with E-state index in [1.807, 2.05) is 26.0 Å². The molecule has 8 heteroatoms. The molecule has 0 aromatic carbocycles. The number of nitrogens with zero attached hydrogens (tertiary/aromatic N) is 3. The van der Waals surface area contributed by atoms with E-state index in [4.69, 9.17) is 12.3 Å². The van der Waals surface area contributed by atoms with Crippen molar-refractivity contribution in [3.63, 3.8) is 0 Å². The van der Waals surface area contributed by atoms with E-state index in [0.717, 1.165) is 31.3 Å². The Bertz CT molecular complexity index is 1590. The topological polar surface area (TPSA) is 116 Å². The first-order valence-electron chi connectivity index (χ1n) is 15.7. The Morgan fingerprint density at radius 2 is 1.70 bits per heavy atom. The Balaban J connectivity index is 1.51. The Morgan fingerprint density at radius 1 is 1.02 bits per heavy atom. The second-order valence-corrected chi connectivity index (χ2v) is 16.2. The second-order valence-electron chi connectivity index (χ2n) is 16.2. The highest BCUT2D eigenvalue weighted by Gasteiger charge is 2.70. The molecule has 5 aliphatic rings. The van der Waals surface area contributed by atoms with Crippen LogP contribution in [0, 0.1) is 56.8 Å². The van der Waals surface area contributed by atoms with Crippen LogP contribution in [0.2, 0.25) is 0 Å². The van der Waals surface area contributed by atoms with Crippen molar-refractivity contribution >= 4 is 23.4 Å². The highest BCUT2D eigenvalue weighted by atomic mass is 16.2. The molecule has 2 N–H and O–H groups in total. The van der Waals surface area contributed by atoms with Crippen molar-refractivity contribution in [2.75, 3.05) is 0 Å². The van der Waals surface area contributed by atoms with Crippen LogP contribution in [0.25, 0.3) is 4.85 Å². The molecule has 1 aromatic rings. The zero-order valence-corrected chi connectivity index (χ0v) is 26.5. The number of hydrogen-bond donors (Lipinski definition) is 1. The molecule has 7 unspecified atom stereocenters. The molecule has 1 amide bonds. The Labute approximate surface area is 254 Å². The van der Waals surface area contributed by atoms with Crippen LogP contribution in [0.3, 0.4) is 0 Å². The molecule has 1 heterocycles. The molecule has 0 radical (unpaired) electrons. The van der Waals surface area contributed by atoms with E-state index in [1.54, 1.807) is 0 Å². The van der Waals surface area contributed by atoms with Crippen LogP contribution in [0.4, 0.5) is 0 Å². The summed E-state index contributed by atoms with van der Waals surface area (Å²) < 4.78 is 1.43. The first kappa shape index (κ1) is 29.7. The summed E-state index contributed by atoms with van der Waals surface area (Å²) in [7, 11) is 0. The van der Waals surface area contributed by atoms with Gasteiger partial charge < -0.3 is 10.5 Å². The Hall–Kier alpha value is -3.34. The molecule has 6 rings (SSSR count). The fraction of sp³-hybridized carbons (Fsp3) is 0.657. The van der Waals surface area contributed by atoms with Crippen molar-refractivity contribution < 1.29 is 19.2 Å². The lowest BCUT2D eigenvalue weighted by atomic mass is 9.34. The number of nitrogens with two attached hydrogens (primary N) is 1. The third-order valence-electron chi connectivity index (χ3n) is 13.3. The second kappa shape index (κ2) is 8.86. The maximum atomic E-state index is 14.7. The van der Waals surface area contributed by atoms with Gasteiger partial charge in [-0.15, -0.1) is 0 Å². The van der Waals surface area contributed by atoms with Gasteiger partial charge in [0.25, 0.3) is 5.91 Å². The summed E-state index contributed by atoms with van der Waals surface area (Å²) >= 11 is 0. The smallest absolute Gasteiger partial charge is 0.268 e. The third kappa shape index (κ3) is 3.69. The molecule has 8 nitrogen and oxygen atoms in total. The fourth-order valence-electron chi connectivity index (χ4n) is 10.8. The zero-order valence-electron chi connectivity index (χ0n) is 26.5. The number of primary amides is 1. The normalized spacial score (nSPS) is 40.9. The average Bonchev–Trinajstić information content (AvgIpc) is 3.42. The van der Waals surface area contributed by atoms with E-state index in [9.17, 15) is 19.2 Å². The van der Waals surface area contributed by atoms with E-state index in [2.05, 4.69) is 44.4 Å². The van der Waals surface area contributed by atoms with Gasteiger partial charge in [0.1, 0.15) is 12.0 Å². The first-order valence-corrected chi connectivity index (χ1v) is 15.7. The van der Waals surface area contributed by atoms with Gasteiger partial charge in [-0.3, -0.25) is 19.0 Å². The van der Waals surface area contributed by atoms with E-state index >= 15 is 0 Å². The zero-order chi connectivity index (χ0) is 31.5. The monoisotopic (exact) mass is 584 g/mol. The fourth-order valence-corrected chi connectivity index (χ4v) is 10.8. The van der Waals surface area contributed by atoms with Crippen LogP contribution in [0.15, 0.2) is 35.9 Å². The molecule has 5 aliphatic carbocycles. The van der Waals surface area contributed by atoms with Crippen LogP contribution in [0.5, 0.6) is 0 Å². The van der Waals surface area contributed by atoms with Crippen molar-refractivity contribution in [1.82, 2.24) is 9.55 Å². The molecule has 0 aliphatic heterocycles. The number of amides is 1. The molecule has 0 saturated heterocycles. The minimum atomic E-state index is -0.746. The molecule has 7 atom stereocenters. The SMILES string of the molecule is [C-]#[N+]C1=CC2(C)C3=CC(=O)C4C5CC(C)(C)CCC5(C(=O)n5cnc(C(N)=O)c5)CCC4(C)C3(C)CCC2C(C)(C)C1=O. The Kier molecular flexibility index (Phi) is 6.12. The van der Waals surface area contributed by atoms with E-state index < -0.39 is 27.6 Å². The van der Waals surface area contributed by atoms with Crippen LogP contribution in [-0.2, 0) is 9.59 Å². The van der Waals surface area contributed by atoms with Gasteiger partial charge in [0.2, 0.25) is 11.6 Å². The summed E-state index contributed by atoms with van der Waals surface area (Å²) in [6, 6.07) is 0. The third-order valence-corrected chi connectivity index (χ3v) is 13.3. The van der Waals surface area contributed by atoms with Crippen LogP contribution < -0.4 is 5.73 Å². The van der Waals surface area contributed by atoms with E-state index in [1.165, 1.54) is 17.1 Å². The predicted molar refractivity (Wildman–Crippen MR) is 161 cm³/mol. The summed E-state index contributed by atoms with van der Waals surface area (Å²) in [5.41, 5.74) is 3.90. The lowest BCUT2D eigenvalue weighted by Crippen LogP contribution is -2.66. The molecule has 43 heavy (non-hydrogen) atoms. The molecule has 1 aromatic heterocycles. The van der Waals surface area contributed by atoms with Crippen molar-refractivity contribution in [3.05, 3.63) is 53.1 Å². The largest absolute Gasteiger partial charge is 0.364 e. The summed E-state index contributed by atoms with van der Waals surface area (Å²) in [4.78, 5) is 61.9. The molecule has 0 spiro atoms. The summed E-state index contributed by atoms with van der Waals surface area (Å²) in [6.07, 6.45) is 11.9. The first-order chi connectivity index (χ1) is 19.9. The maximum Gasteiger partial charge on any atom is 0.268 e. The van der Waals surface area contributed by atoms with Crippen molar-refractivity contribution in [1.29, 1.82) is 0 Å². The van der Waals surface area contributed by atoms with Gasteiger partial charge in [0.05, 0.1) is 12.0 Å². The summed E-state index contributed by atoms with van der Waals surface area (Å²) in [6.45, 7) is 22.9. The van der Waals surface area contributed by atoms with E-state index in [0.29, 0.717) is 19.3 Å². The van der Waals surface area contributed by atoms with Gasteiger partial charge in [-0.25, -0.2) is 9.83 Å². The number of ketones is 2. The molecule has 228 valence electrons. The summed E-state index contributed by atoms with van der Waals surface area (Å²) in [5.74, 6) is -1.35. The average molecular weight is 585 g/mol. The maximum absolute atomic E-state index is 14.7. The van der Waals surface area contributed by atoms with E-state index in [-0.39, 0.29) is 57.4 Å². The summed E-state index contributed by atoms with van der Waals surface area (Å²) in [5, 5.41) is 0. The number of allylic oxidation sites excluding steroid dienone is 4. The molecule has 0 bridgehead atoms. The minimum Gasteiger partial charge on any atom is -0.364 e. The quantitative estimate of drug-likeness (QED) is 0.416. The Morgan fingerprint density at radius 3 is 2.33 bits per heavy atom. The number of hydrogen-bond acceptors (Lipinski definition) is 5. The number of Topliss-reactive ketones (excluding diaryl/α,β-unsaturated/α-hetero) is 1.